The SMILES string of the molecule is CCC1CN(C(CN)CC(=O)NC(C)C)CCS1. The second-order valence-corrected chi connectivity index (χ2v) is 6.62. The van der Waals surface area contributed by atoms with Gasteiger partial charge in [0.2, 0.25) is 5.91 Å². The van der Waals surface area contributed by atoms with E-state index in [2.05, 4.69) is 17.1 Å². The van der Waals surface area contributed by atoms with Crippen molar-refractivity contribution in [2.45, 2.75) is 50.9 Å². The molecule has 0 spiro atoms. The minimum absolute atomic E-state index is 0.117. The van der Waals surface area contributed by atoms with E-state index in [0.717, 1.165) is 18.8 Å². The summed E-state index contributed by atoms with van der Waals surface area (Å²) in [6, 6.07) is 0.398. The number of nitrogens with two attached hydrogens (primary N) is 1. The molecular weight excluding hydrogens is 246 g/mol. The molecule has 106 valence electrons. The molecule has 3 N–H and O–H groups in total. The van der Waals surface area contributed by atoms with Crippen LogP contribution in [0.2, 0.25) is 0 Å². The molecule has 1 aliphatic rings. The zero-order chi connectivity index (χ0) is 13.5. The second kappa shape index (κ2) is 8.02. The van der Waals surface area contributed by atoms with Crippen LogP contribution in [0, 0.1) is 0 Å². The van der Waals surface area contributed by atoms with Crippen LogP contribution in [0.1, 0.15) is 33.6 Å². The predicted octanol–water partition coefficient (Wildman–Crippen LogP) is 1.06. The topological polar surface area (TPSA) is 58.4 Å². The van der Waals surface area contributed by atoms with Gasteiger partial charge in [-0.1, -0.05) is 6.92 Å². The lowest BCUT2D eigenvalue weighted by Crippen LogP contribution is -2.49. The summed E-state index contributed by atoms with van der Waals surface area (Å²) in [5.74, 6) is 1.27. The highest BCUT2D eigenvalue weighted by Crippen LogP contribution is 2.23. The Morgan fingerprint density at radius 2 is 2.28 bits per heavy atom. The van der Waals surface area contributed by atoms with Crippen LogP contribution in [0.3, 0.4) is 0 Å². The molecule has 1 amide bonds. The van der Waals surface area contributed by atoms with Crippen LogP contribution in [0.25, 0.3) is 0 Å². The van der Waals surface area contributed by atoms with Gasteiger partial charge in [-0.3, -0.25) is 9.69 Å². The molecule has 1 rings (SSSR count). The van der Waals surface area contributed by atoms with Crippen molar-refractivity contribution >= 4 is 17.7 Å². The molecule has 0 aromatic rings. The third-order valence-electron chi connectivity index (χ3n) is 3.28. The summed E-state index contributed by atoms with van der Waals surface area (Å²) in [5, 5.41) is 3.64. The highest BCUT2D eigenvalue weighted by molar-refractivity contribution is 8.00. The highest BCUT2D eigenvalue weighted by Gasteiger charge is 2.26. The van der Waals surface area contributed by atoms with E-state index in [-0.39, 0.29) is 18.0 Å². The Bertz CT molecular complexity index is 261. The van der Waals surface area contributed by atoms with Gasteiger partial charge in [0.15, 0.2) is 0 Å². The van der Waals surface area contributed by atoms with E-state index >= 15 is 0 Å². The van der Waals surface area contributed by atoms with Crippen molar-refractivity contribution in [2.75, 3.05) is 25.4 Å². The number of carbonyl (C=O) groups excluding carboxylic acids is 1. The lowest BCUT2D eigenvalue weighted by atomic mass is 10.1. The van der Waals surface area contributed by atoms with Crippen LogP contribution < -0.4 is 11.1 Å². The molecule has 0 aromatic heterocycles. The molecule has 0 aromatic carbocycles. The smallest absolute Gasteiger partial charge is 0.221 e. The van der Waals surface area contributed by atoms with Gasteiger partial charge in [-0.25, -0.2) is 0 Å². The van der Waals surface area contributed by atoms with Gasteiger partial charge in [-0.05, 0) is 20.3 Å². The number of nitrogens with one attached hydrogen (secondary N) is 1. The average Bonchev–Trinajstić information content (AvgIpc) is 2.35. The van der Waals surface area contributed by atoms with Gasteiger partial charge in [-0.15, -0.1) is 0 Å². The molecule has 1 saturated heterocycles. The summed E-state index contributed by atoms with van der Waals surface area (Å²) in [6.45, 7) is 8.88. The predicted molar refractivity (Wildman–Crippen MR) is 78.8 cm³/mol. The average molecular weight is 273 g/mol. The lowest BCUT2D eigenvalue weighted by molar-refractivity contribution is -0.122. The van der Waals surface area contributed by atoms with E-state index in [1.807, 2.05) is 25.6 Å². The zero-order valence-electron chi connectivity index (χ0n) is 11.8. The number of nitrogens with zero attached hydrogens (tertiary/aromatic N) is 1. The van der Waals surface area contributed by atoms with Gasteiger partial charge in [0, 0.05) is 49.1 Å². The maximum absolute atomic E-state index is 11.8. The Labute approximate surface area is 115 Å². The number of rotatable bonds is 6. The van der Waals surface area contributed by atoms with Gasteiger partial charge in [0.1, 0.15) is 0 Å². The Kier molecular flexibility index (Phi) is 7.04. The molecule has 0 saturated carbocycles. The highest BCUT2D eigenvalue weighted by atomic mass is 32.2. The number of amides is 1. The van der Waals surface area contributed by atoms with Crippen LogP contribution in [0.15, 0.2) is 0 Å². The van der Waals surface area contributed by atoms with E-state index in [1.165, 1.54) is 6.42 Å². The van der Waals surface area contributed by atoms with Crippen LogP contribution in [0.4, 0.5) is 0 Å². The summed E-state index contributed by atoms with van der Waals surface area (Å²) in [7, 11) is 0. The van der Waals surface area contributed by atoms with Gasteiger partial charge in [-0.2, -0.15) is 11.8 Å². The van der Waals surface area contributed by atoms with E-state index in [9.17, 15) is 4.79 Å². The van der Waals surface area contributed by atoms with Crippen molar-refractivity contribution in [2.24, 2.45) is 5.73 Å². The van der Waals surface area contributed by atoms with E-state index in [1.54, 1.807) is 0 Å². The van der Waals surface area contributed by atoms with E-state index in [0.29, 0.717) is 18.2 Å². The normalized spacial score (nSPS) is 23.1. The second-order valence-electron chi connectivity index (χ2n) is 5.21. The van der Waals surface area contributed by atoms with Gasteiger partial charge in [0.05, 0.1) is 0 Å². The summed E-state index contributed by atoms with van der Waals surface area (Å²) >= 11 is 2.04. The molecule has 0 radical (unpaired) electrons. The first kappa shape index (κ1) is 15.8. The van der Waals surface area contributed by atoms with Crippen LogP contribution in [-0.4, -0.2) is 53.5 Å². The van der Waals surface area contributed by atoms with Crippen LogP contribution in [0.5, 0.6) is 0 Å². The Balaban J connectivity index is 2.46. The first-order chi connectivity index (χ1) is 8.56. The van der Waals surface area contributed by atoms with Crippen LogP contribution >= 0.6 is 11.8 Å². The minimum Gasteiger partial charge on any atom is -0.354 e. The standard InChI is InChI=1S/C13H27N3OS/c1-4-12-9-16(5-6-18-12)11(8-14)7-13(17)15-10(2)3/h10-12H,4-9,14H2,1-3H3,(H,15,17). The zero-order valence-corrected chi connectivity index (χ0v) is 12.6. The van der Waals surface area contributed by atoms with Crippen LogP contribution in [-0.2, 0) is 4.79 Å². The molecule has 1 heterocycles. The quantitative estimate of drug-likeness (QED) is 0.760. The van der Waals surface area contributed by atoms with Crippen molar-refractivity contribution in [3.05, 3.63) is 0 Å². The molecule has 2 atom stereocenters. The van der Waals surface area contributed by atoms with E-state index in [4.69, 9.17) is 5.73 Å². The molecule has 1 fully saturated rings. The molecule has 5 heteroatoms. The third-order valence-corrected chi connectivity index (χ3v) is 4.66. The van der Waals surface area contributed by atoms with Crippen molar-refractivity contribution in [1.82, 2.24) is 10.2 Å². The lowest BCUT2D eigenvalue weighted by Gasteiger charge is -2.37. The maximum Gasteiger partial charge on any atom is 0.221 e. The number of carbonyl (C=O) groups is 1. The van der Waals surface area contributed by atoms with Crippen molar-refractivity contribution < 1.29 is 4.79 Å². The van der Waals surface area contributed by atoms with Crippen molar-refractivity contribution in [3.8, 4) is 0 Å². The monoisotopic (exact) mass is 273 g/mol. The summed E-state index contributed by atoms with van der Waals surface area (Å²) in [5.41, 5.74) is 5.84. The summed E-state index contributed by atoms with van der Waals surface area (Å²) in [6.07, 6.45) is 1.71. The summed E-state index contributed by atoms with van der Waals surface area (Å²) in [4.78, 5) is 14.2. The molecule has 4 nitrogen and oxygen atoms in total. The molecule has 0 aliphatic carbocycles. The Hall–Kier alpha value is -0.260. The first-order valence-electron chi connectivity index (χ1n) is 6.91. The van der Waals surface area contributed by atoms with E-state index < -0.39 is 0 Å². The van der Waals surface area contributed by atoms with Gasteiger partial charge in [0.25, 0.3) is 0 Å². The third kappa shape index (κ3) is 5.16. The fraction of sp³-hybridized carbons (Fsp3) is 0.923. The van der Waals surface area contributed by atoms with Crippen molar-refractivity contribution in [3.63, 3.8) is 0 Å². The Morgan fingerprint density at radius 3 is 2.83 bits per heavy atom. The molecular formula is C13H27N3OS. The maximum atomic E-state index is 11.8. The fourth-order valence-electron chi connectivity index (χ4n) is 2.28. The van der Waals surface area contributed by atoms with Crippen molar-refractivity contribution in [1.29, 1.82) is 0 Å². The largest absolute Gasteiger partial charge is 0.354 e. The Morgan fingerprint density at radius 1 is 1.56 bits per heavy atom. The number of thioether (sulfide) groups is 1. The molecule has 0 bridgehead atoms. The minimum atomic E-state index is 0.117. The summed E-state index contributed by atoms with van der Waals surface area (Å²) < 4.78 is 0. The first-order valence-corrected chi connectivity index (χ1v) is 7.96. The number of hydrogen-bond acceptors (Lipinski definition) is 4. The van der Waals surface area contributed by atoms with Gasteiger partial charge >= 0.3 is 0 Å². The molecule has 2 unspecified atom stereocenters. The molecule has 18 heavy (non-hydrogen) atoms. The van der Waals surface area contributed by atoms with Gasteiger partial charge < -0.3 is 11.1 Å². The fourth-order valence-corrected chi connectivity index (χ4v) is 3.48. The molecule has 1 aliphatic heterocycles. The number of hydrogen-bond donors (Lipinski definition) is 2.